The zero-order chi connectivity index (χ0) is 14.4. The van der Waals surface area contributed by atoms with E-state index >= 15 is 0 Å². The lowest BCUT2D eigenvalue weighted by atomic mass is 9.85. The number of amides is 1. The highest BCUT2D eigenvalue weighted by Gasteiger charge is 2.48. The molecule has 5 atom stereocenters. The first-order valence-corrected chi connectivity index (χ1v) is 7.92. The SMILES string of the molecule is O=C(NC1C2CCC(C2)C1CO)C1Cc2ccccc2O1. The van der Waals surface area contributed by atoms with Gasteiger partial charge >= 0.3 is 0 Å². The lowest BCUT2D eigenvalue weighted by molar-refractivity contribution is -0.128. The third-order valence-corrected chi connectivity index (χ3v) is 5.55. The first kappa shape index (κ1) is 13.1. The highest BCUT2D eigenvalue weighted by atomic mass is 16.5. The molecule has 2 fully saturated rings. The van der Waals surface area contributed by atoms with Crippen LogP contribution in [0.4, 0.5) is 0 Å². The fourth-order valence-electron chi connectivity index (χ4n) is 4.48. The van der Waals surface area contributed by atoms with Crippen LogP contribution in [0, 0.1) is 17.8 Å². The van der Waals surface area contributed by atoms with Gasteiger partial charge in [-0.1, -0.05) is 18.2 Å². The van der Waals surface area contributed by atoms with Gasteiger partial charge in [0.25, 0.3) is 5.91 Å². The Morgan fingerprint density at radius 3 is 2.90 bits per heavy atom. The van der Waals surface area contributed by atoms with Gasteiger partial charge in [-0.25, -0.2) is 0 Å². The molecule has 2 saturated carbocycles. The van der Waals surface area contributed by atoms with E-state index in [9.17, 15) is 9.90 Å². The first-order valence-electron chi connectivity index (χ1n) is 7.92. The van der Waals surface area contributed by atoms with Gasteiger partial charge in [-0.05, 0) is 42.7 Å². The van der Waals surface area contributed by atoms with Gasteiger partial charge in [0.1, 0.15) is 5.75 Å². The minimum atomic E-state index is -0.416. The molecular weight excluding hydrogens is 266 g/mol. The maximum atomic E-state index is 12.5. The van der Waals surface area contributed by atoms with Crippen LogP contribution in [0.25, 0.3) is 0 Å². The Bertz CT molecular complexity index is 534. The molecule has 4 rings (SSSR count). The van der Waals surface area contributed by atoms with Crippen molar-refractivity contribution in [3.8, 4) is 5.75 Å². The van der Waals surface area contributed by atoms with Gasteiger partial charge in [0.2, 0.25) is 0 Å². The highest BCUT2D eigenvalue weighted by Crippen LogP contribution is 2.48. The minimum absolute atomic E-state index is 0.0257. The van der Waals surface area contributed by atoms with Crippen LogP contribution in [0.1, 0.15) is 24.8 Å². The molecular formula is C17H21NO3. The smallest absolute Gasteiger partial charge is 0.261 e. The van der Waals surface area contributed by atoms with E-state index in [2.05, 4.69) is 5.32 Å². The summed E-state index contributed by atoms with van der Waals surface area (Å²) in [4.78, 5) is 12.5. The number of para-hydroxylation sites is 1. The Labute approximate surface area is 124 Å². The Morgan fingerprint density at radius 1 is 1.29 bits per heavy atom. The standard InChI is InChI=1S/C17H21NO3/c19-9-13-10-5-6-12(7-10)16(13)18-17(20)15-8-11-3-1-2-4-14(11)21-15/h1-4,10,12-13,15-16,19H,5-9H2,(H,18,20). The monoisotopic (exact) mass is 287 g/mol. The second-order valence-electron chi connectivity index (χ2n) is 6.63. The van der Waals surface area contributed by atoms with Crippen molar-refractivity contribution in [2.45, 2.75) is 37.8 Å². The second-order valence-corrected chi connectivity index (χ2v) is 6.63. The summed E-state index contributed by atoms with van der Waals surface area (Å²) in [5, 5.41) is 12.8. The number of fused-ring (bicyclic) bond motifs is 3. The van der Waals surface area contributed by atoms with Crippen LogP contribution in [-0.2, 0) is 11.2 Å². The number of rotatable bonds is 3. The summed E-state index contributed by atoms with van der Waals surface area (Å²) >= 11 is 0. The molecule has 3 aliphatic rings. The normalized spacial score (nSPS) is 36.3. The molecule has 0 aromatic heterocycles. The predicted molar refractivity (Wildman–Crippen MR) is 77.9 cm³/mol. The average Bonchev–Trinajstić information content (AvgIpc) is 3.20. The Morgan fingerprint density at radius 2 is 2.10 bits per heavy atom. The van der Waals surface area contributed by atoms with Gasteiger partial charge in [-0.3, -0.25) is 4.79 Å². The molecule has 1 amide bonds. The van der Waals surface area contributed by atoms with Gasteiger partial charge in [0.05, 0.1) is 0 Å². The number of nitrogens with one attached hydrogen (secondary N) is 1. The minimum Gasteiger partial charge on any atom is -0.480 e. The number of carbonyl (C=O) groups is 1. The predicted octanol–water partition coefficient (Wildman–Crippen LogP) is 1.51. The zero-order valence-electron chi connectivity index (χ0n) is 12.0. The molecule has 2 aliphatic carbocycles. The summed E-state index contributed by atoms with van der Waals surface area (Å²) in [5.74, 6) is 2.16. The van der Waals surface area contributed by atoms with Crippen molar-refractivity contribution in [2.24, 2.45) is 17.8 Å². The van der Waals surface area contributed by atoms with Crippen LogP contribution in [-0.4, -0.2) is 29.8 Å². The third-order valence-electron chi connectivity index (χ3n) is 5.55. The van der Waals surface area contributed by atoms with Crippen molar-refractivity contribution in [3.05, 3.63) is 29.8 Å². The van der Waals surface area contributed by atoms with Gasteiger partial charge in [0.15, 0.2) is 6.10 Å². The Hall–Kier alpha value is -1.55. The van der Waals surface area contributed by atoms with Crippen LogP contribution in [0.2, 0.25) is 0 Å². The molecule has 1 aromatic rings. The molecule has 1 heterocycles. The summed E-state index contributed by atoms with van der Waals surface area (Å²) in [5.41, 5.74) is 1.10. The molecule has 5 unspecified atom stereocenters. The average molecular weight is 287 g/mol. The van der Waals surface area contributed by atoms with Crippen molar-refractivity contribution in [1.29, 1.82) is 0 Å². The molecule has 4 heteroatoms. The topological polar surface area (TPSA) is 58.6 Å². The van der Waals surface area contributed by atoms with E-state index in [0.717, 1.165) is 17.7 Å². The fourth-order valence-corrected chi connectivity index (χ4v) is 4.48. The van der Waals surface area contributed by atoms with Gasteiger partial charge in [-0.2, -0.15) is 0 Å². The maximum Gasteiger partial charge on any atom is 0.261 e. The quantitative estimate of drug-likeness (QED) is 0.886. The summed E-state index contributed by atoms with van der Waals surface area (Å²) in [7, 11) is 0. The number of aliphatic hydroxyl groups is 1. The van der Waals surface area contributed by atoms with Crippen LogP contribution in [0.15, 0.2) is 24.3 Å². The van der Waals surface area contributed by atoms with Gasteiger partial charge in [0, 0.05) is 25.0 Å². The maximum absolute atomic E-state index is 12.5. The zero-order valence-corrected chi connectivity index (χ0v) is 12.0. The van der Waals surface area contributed by atoms with E-state index in [1.165, 1.54) is 12.8 Å². The molecule has 0 spiro atoms. The van der Waals surface area contributed by atoms with Crippen LogP contribution in [0.5, 0.6) is 5.75 Å². The number of aliphatic hydroxyl groups excluding tert-OH is 1. The number of hydrogen-bond acceptors (Lipinski definition) is 3. The summed E-state index contributed by atoms with van der Waals surface area (Å²) in [6.07, 6.45) is 3.76. The summed E-state index contributed by atoms with van der Waals surface area (Å²) in [6, 6.07) is 7.96. The molecule has 1 aliphatic heterocycles. The van der Waals surface area contributed by atoms with E-state index < -0.39 is 6.10 Å². The highest BCUT2D eigenvalue weighted by molar-refractivity contribution is 5.83. The van der Waals surface area contributed by atoms with Crippen molar-refractivity contribution < 1.29 is 14.6 Å². The van der Waals surface area contributed by atoms with E-state index in [-0.39, 0.29) is 24.5 Å². The van der Waals surface area contributed by atoms with E-state index in [4.69, 9.17) is 4.74 Å². The summed E-state index contributed by atoms with van der Waals surface area (Å²) < 4.78 is 5.75. The molecule has 2 N–H and O–H groups in total. The molecule has 0 saturated heterocycles. The molecule has 4 nitrogen and oxygen atoms in total. The third kappa shape index (κ3) is 2.13. The first-order chi connectivity index (χ1) is 10.3. The lowest BCUT2D eigenvalue weighted by Gasteiger charge is -2.31. The van der Waals surface area contributed by atoms with Crippen LogP contribution >= 0.6 is 0 Å². The van der Waals surface area contributed by atoms with E-state index in [1.54, 1.807) is 0 Å². The summed E-state index contributed by atoms with van der Waals surface area (Å²) in [6.45, 7) is 0.178. The fraction of sp³-hybridized carbons (Fsp3) is 0.588. The van der Waals surface area contributed by atoms with Crippen LogP contribution in [0.3, 0.4) is 0 Å². The van der Waals surface area contributed by atoms with E-state index in [0.29, 0.717) is 18.3 Å². The van der Waals surface area contributed by atoms with Crippen molar-refractivity contribution in [2.75, 3.05) is 6.61 Å². The largest absolute Gasteiger partial charge is 0.480 e. The molecule has 0 radical (unpaired) electrons. The Balaban J connectivity index is 1.43. The molecule has 112 valence electrons. The van der Waals surface area contributed by atoms with Crippen LogP contribution < -0.4 is 10.1 Å². The van der Waals surface area contributed by atoms with Crippen molar-refractivity contribution in [3.63, 3.8) is 0 Å². The Kier molecular flexibility index (Phi) is 3.14. The number of benzene rings is 1. The second kappa shape index (κ2) is 5.02. The van der Waals surface area contributed by atoms with Crippen molar-refractivity contribution in [1.82, 2.24) is 5.32 Å². The number of ether oxygens (including phenoxy) is 1. The van der Waals surface area contributed by atoms with Crippen molar-refractivity contribution >= 4 is 5.91 Å². The number of carbonyl (C=O) groups excluding carboxylic acids is 1. The van der Waals surface area contributed by atoms with Gasteiger partial charge in [-0.15, -0.1) is 0 Å². The van der Waals surface area contributed by atoms with E-state index in [1.807, 2.05) is 24.3 Å². The molecule has 2 bridgehead atoms. The molecule has 1 aromatic carbocycles. The van der Waals surface area contributed by atoms with Gasteiger partial charge < -0.3 is 15.2 Å². The lowest BCUT2D eigenvalue weighted by Crippen LogP contribution is -2.49. The number of hydrogen-bond donors (Lipinski definition) is 2. The molecule has 21 heavy (non-hydrogen) atoms.